The molecule has 82 valence electrons. The van der Waals surface area contributed by atoms with Gasteiger partial charge >= 0.3 is 0 Å². The summed E-state index contributed by atoms with van der Waals surface area (Å²) in [4.78, 5) is 11.4. The minimum atomic E-state index is -0.105. The molecule has 0 saturated carbocycles. The van der Waals surface area contributed by atoms with Gasteiger partial charge in [0.05, 0.1) is 5.56 Å². The molecule has 0 aliphatic heterocycles. The van der Waals surface area contributed by atoms with E-state index in [2.05, 4.69) is 10.2 Å². The standard InChI is InChI=1S/C10H9N3O2S/c1-6(14)8-4-7(11)2-3-9(8)15-10-13-12-5-16-10/h2-5H,11H2,1H3. The number of carbonyl (C=O) groups excluding carboxylic acids is 1. The second kappa shape index (κ2) is 4.28. The molecule has 0 aliphatic rings. The van der Waals surface area contributed by atoms with Crippen molar-refractivity contribution in [2.45, 2.75) is 6.92 Å². The third-order valence-electron chi connectivity index (χ3n) is 1.92. The molecule has 2 rings (SSSR count). The van der Waals surface area contributed by atoms with Crippen LogP contribution in [0.15, 0.2) is 23.7 Å². The molecule has 1 heterocycles. The number of benzene rings is 1. The van der Waals surface area contributed by atoms with E-state index < -0.39 is 0 Å². The summed E-state index contributed by atoms with van der Waals surface area (Å²) >= 11 is 1.26. The second-order valence-electron chi connectivity index (χ2n) is 3.12. The third-order valence-corrected chi connectivity index (χ3v) is 2.49. The number of rotatable bonds is 3. The highest BCUT2D eigenvalue weighted by Crippen LogP contribution is 2.27. The van der Waals surface area contributed by atoms with Gasteiger partial charge in [0.25, 0.3) is 5.19 Å². The predicted molar refractivity (Wildman–Crippen MR) is 60.8 cm³/mol. The van der Waals surface area contributed by atoms with Gasteiger partial charge in [0.15, 0.2) is 5.78 Å². The molecule has 0 bridgehead atoms. The fourth-order valence-corrected chi connectivity index (χ4v) is 1.63. The maximum Gasteiger partial charge on any atom is 0.299 e. The molecule has 0 fully saturated rings. The molecular formula is C10H9N3O2S. The van der Waals surface area contributed by atoms with E-state index in [0.29, 0.717) is 22.2 Å². The van der Waals surface area contributed by atoms with Crippen LogP contribution in [0.3, 0.4) is 0 Å². The number of Topliss-reactive ketones (excluding diaryl/α,β-unsaturated/α-hetero) is 1. The number of nitrogen functional groups attached to an aromatic ring is 1. The van der Waals surface area contributed by atoms with E-state index >= 15 is 0 Å². The largest absolute Gasteiger partial charge is 0.429 e. The van der Waals surface area contributed by atoms with Gasteiger partial charge in [-0.25, -0.2) is 0 Å². The summed E-state index contributed by atoms with van der Waals surface area (Å²) in [5.41, 5.74) is 8.12. The fourth-order valence-electron chi connectivity index (χ4n) is 1.21. The van der Waals surface area contributed by atoms with Crippen LogP contribution in [0.2, 0.25) is 0 Å². The van der Waals surface area contributed by atoms with E-state index in [1.807, 2.05) is 0 Å². The van der Waals surface area contributed by atoms with Crippen LogP contribution in [-0.4, -0.2) is 16.0 Å². The smallest absolute Gasteiger partial charge is 0.299 e. The van der Waals surface area contributed by atoms with E-state index in [9.17, 15) is 4.79 Å². The molecule has 1 aromatic carbocycles. The van der Waals surface area contributed by atoms with E-state index in [-0.39, 0.29) is 5.78 Å². The van der Waals surface area contributed by atoms with Crippen molar-refractivity contribution in [3.63, 3.8) is 0 Å². The number of aromatic nitrogens is 2. The summed E-state index contributed by atoms with van der Waals surface area (Å²) in [6, 6.07) is 4.90. The van der Waals surface area contributed by atoms with E-state index in [1.54, 1.807) is 23.7 Å². The van der Waals surface area contributed by atoms with Crippen LogP contribution < -0.4 is 10.5 Å². The van der Waals surface area contributed by atoms with E-state index in [1.165, 1.54) is 18.3 Å². The maximum absolute atomic E-state index is 11.4. The molecule has 1 aromatic heterocycles. The normalized spacial score (nSPS) is 10.1. The minimum Gasteiger partial charge on any atom is -0.429 e. The Hall–Kier alpha value is -1.95. The summed E-state index contributed by atoms with van der Waals surface area (Å²) in [6.45, 7) is 1.46. The van der Waals surface area contributed by atoms with Gasteiger partial charge < -0.3 is 10.5 Å². The number of hydrogen-bond donors (Lipinski definition) is 1. The van der Waals surface area contributed by atoms with Crippen LogP contribution >= 0.6 is 11.3 Å². The van der Waals surface area contributed by atoms with E-state index in [4.69, 9.17) is 10.5 Å². The molecular weight excluding hydrogens is 226 g/mol. The highest BCUT2D eigenvalue weighted by atomic mass is 32.1. The third kappa shape index (κ3) is 2.17. The number of nitrogens with zero attached hydrogens (tertiary/aromatic N) is 2. The van der Waals surface area contributed by atoms with Crippen molar-refractivity contribution in [2.75, 3.05) is 5.73 Å². The summed E-state index contributed by atoms with van der Waals surface area (Å²) in [5, 5.41) is 7.78. The molecule has 2 aromatic rings. The van der Waals surface area contributed by atoms with Crippen LogP contribution in [-0.2, 0) is 0 Å². The van der Waals surface area contributed by atoms with Crippen molar-refractivity contribution >= 4 is 22.8 Å². The number of nitrogens with two attached hydrogens (primary N) is 1. The minimum absolute atomic E-state index is 0.105. The van der Waals surface area contributed by atoms with Crippen molar-refractivity contribution in [1.82, 2.24) is 10.2 Å². The quantitative estimate of drug-likeness (QED) is 0.651. The first-order chi connectivity index (χ1) is 7.66. The van der Waals surface area contributed by atoms with Crippen molar-refractivity contribution in [1.29, 1.82) is 0 Å². The monoisotopic (exact) mass is 235 g/mol. The lowest BCUT2D eigenvalue weighted by Crippen LogP contribution is -1.98. The summed E-state index contributed by atoms with van der Waals surface area (Å²) in [5.74, 6) is 0.338. The number of ether oxygens (including phenoxy) is 1. The Morgan fingerprint density at radius 2 is 2.31 bits per heavy atom. The Morgan fingerprint density at radius 1 is 1.50 bits per heavy atom. The SMILES string of the molecule is CC(=O)c1cc(N)ccc1Oc1nncs1. The number of anilines is 1. The molecule has 0 atom stereocenters. The van der Waals surface area contributed by atoms with Gasteiger partial charge in [0, 0.05) is 5.69 Å². The Kier molecular flexibility index (Phi) is 2.82. The number of ketones is 1. The second-order valence-corrected chi connectivity index (χ2v) is 3.91. The molecule has 2 N–H and O–H groups in total. The maximum atomic E-state index is 11.4. The molecule has 5 nitrogen and oxygen atoms in total. The zero-order valence-electron chi connectivity index (χ0n) is 8.51. The van der Waals surface area contributed by atoms with Gasteiger partial charge in [0.2, 0.25) is 0 Å². The van der Waals surface area contributed by atoms with Gasteiger partial charge in [-0.15, -0.1) is 5.10 Å². The lowest BCUT2D eigenvalue weighted by atomic mass is 10.1. The number of hydrogen-bond acceptors (Lipinski definition) is 6. The summed E-state index contributed by atoms with van der Waals surface area (Å²) in [6.07, 6.45) is 0. The van der Waals surface area contributed by atoms with Crippen LogP contribution in [0, 0.1) is 0 Å². The Balaban J connectivity index is 2.36. The molecule has 0 unspecified atom stereocenters. The zero-order chi connectivity index (χ0) is 11.5. The first kappa shape index (κ1) is 10.6. The molecule has 0 saturated heterocycles. The van der Waals surface area contributed by atoms with Crippen molar-refractivity contribution in [3.8, 4) is 10.9 Å². The number of carbonyl (C=O) groups is 1. The first-order valence-corrected chi connectivity index (χ1v) is 5.39. The Bertz CT molecular complexity index is 511. The van der Waals surface area contributed by atoms with Gasteiger partial charge in [0.1, 0.15) is 11.3 Å². The topological polar surface area (TPSA) is 78.1 Å². The van der Waals surface area contributed by atoms with Gasteiger partial charge in [-0.2, -0.15) is 0 Å². The van der Waals surface area contributed by atoms with Gasteiger partial charge in [-0.3, -0.25) is 4.79 Å². The van der Waals surface area contributed by atoms with Crippen LogP contribution in [0.5, 0.6) is 10.9 Å². The lowest BCUT2D eigenvalue weighted by Gasteiger charge is -2.06. The lowest BCUT2D eigenvalue weighted by molar-refractivity contribution is 0.101. The van der Waals surface area contributed by atoms with Gasteiger partial charge in [-0.1, -0.05) is 16.4 Å². The molecule has 0 spiro atoms. The molecule has 0 amide bonds. The highest BCUT2D eigenvalue weighted by Gasteiger charge is 2.11. The summed E-state index contributed by atoms with van der Waals surface area (Å²) < 4.78 is 5.43. The van der Waals surface area contributed by atoms with Crippen LogP contribution in [0.25, 0.3) is 0 Å². The highest BCUT2D eigenvalue weighted by molar-refractivity contribution is 7.11. The van der Waals surface area contributed by atoms with Crippen molar-refractivity contribution < 1.29 is 9.53 Å². The predicted octanol–water partition coefficient (Wildman–Crippen LogP) is 2.12. The molecule has 0 aliphatic carbocycles. The average molecular weight is 235 g/mol. The van der Waals surface area contributed by atoms with Crippen LogP contribution in [0.1, 0.15) is 17.3 Å². The Labute approximate surface area is 95.9 Å². The van der Waals surface area contributed by atoms with Gasteiger partial charge in [-0.05, 0) is 25.1 Å². The first-order valence-electron chi connectivity index (χ1n) is 4.51. The molecule has 0 radical (unpaired) electrons. The average Bonchev–Trinajstić information content (AvgIpc) is 2.73. The molecule has 16 heavy (non-hydrogen) atoms. The van der Waals surface area contributed by atoms with E-state index in [0.717, 1.165) is 0 Å². The zero-order valence-corrected chi connectivity index (χ0v) is 9.32. The summed E-state index contributed by atoms with van der Waals surface area (Å²) in [7, 11) is 0. The Morgan fingerprint density at radius 3 is 2.94 bits per heavy atom. The molecule has 6 heteroatoms. The fraction of sp³-hybridized carbons (Fsp3) is 0.100. The van der Waals surface area contributed by atoms with Crippen LogP contribution in [0.4, 0.5) is 5.69 Å². The van der Waals surface area contributed by atoms with Crippen molar-refractivity contribution in [2.24, 2.45) is 0 Å². The van der Waals surface area contributed by atoms with Crippen molar-refractivity contribution in [3.05, 3.63) is 29.3 Å².